The molecule has 0 aromatic carbocycles. The molecule has 1 amide bonds. The predicted octanol–water partition coefficient (Wildman–Crippen LogP) is 1.35. The second-order valence-corrected chi connectivity index (χ2v) is 4.78. The summed E-state index contributed by atoms with van der Waals surface area (Å²) in [7, 11) is 0. The molecule has 1 aliphatic rings. The number of aromatic nitrogens is 1. The molecule has 0 saturated carbocycles. The van der Waals surface area contributed by atoms with Crippen molar-refractivity contribution in [2.45, 2.75) is 32.7 Å². The van der Waals surface area contributed by atoms with Crippen LogP contribution in [0.1, 0.15) is 26.3 Å². The van der Waals surface area contributed by atoms with Gasteiger partial charge in [0.2, 0.25) is 5.91 Å². The van der Waals surface area contributed by atoms with Crippen LogP contribution in [0.3, 0.4) is 0 Å². The molecule has 1 aliphatic heterocycles. The van der Waals surface area contributed by atoms with E-state index in [0.29, 0.717) is 17.9 Å². The molecule has 2 rings (SSSR count). The Hall–Kier alpha value is -1.58. The highest BCUT2D eigenvalue weighted by molar-refractivity contribution is 6.02. The van der Waals surface area contributed by atoms with E-state index in [0.717, 1.165) is 5.56 Å². The molecule has 0 atom stereocenters. The minimum Gasteiger partial charge on any atom is -0.398 e. The Balaban J connectivity index is 2.56. The Morgan fingerprint density at radius 2 is 2.13 bits per heavy atom. The topological polar surface area (TPSA) is 59.2 Å². The molecular formula is C11H15N3O. The number of rotatable bonds is 0. The number of nitrogen functional groups attached to an aromatic ring is 1. The van der Waals surface area contributed by atoms with Gasteiger partial charge in [-0.1, -0.05) is 0 Å². The van der Waals surface area contributed by atoms with Crippen molar-refractivity contribution in [1.29, 1.82) is 0 Å². The molecule has 80 valence electrons. The fourth-order valence-electron chi connectivity index (χ4n) is 1.91. The summed E-state index contributed by atoms with van der Waals surface area (Å²) in [4.78, 5) is 17.8. The van der Waals surface area contributed by atoms with E-state index in [2.05, 4.69) is 4.98 Å². The lowest BCUT2D eigenvalue weighted by atomic mass is 10.1. The van der Waals surface area contributed by atoms with Crippen LogP contribution >= 0.6 is 0 Å². The van der Waals surface area contributed by atoms with Crippen LogP contribution in [0.15, 0.2) is 12.3 Å². The van der Waals surface area contributed by atoms with Gasteiger partial charge in [0.1, 0.15) is 5.82 Å². The molecule has 2 N–H and O–H groups in total. The van der Waals surface area contributed by atoms with Crippen molar-refractivity contribution in [2.24, 2.45) is 0 Å². The van der Waals surface area contributed by atoms with Crippen molar-refractivity contribution in [3.63, 3.8) is 0 Å². The van der Waals surface area contributed by atoms with Crippen molar-refractivity contribution in [2.75, 3.05) is 10.6 Å². The van der Waals surface area contributed by atoms with Crippen molar-refractivity contribution < 1.29 is 4.79 Å². The molecule has 4 nitrogen and oxygen atoms in total. The van der Waals surface area contributed by atoms with Gasteiger partial charge in [-0.15, -0.1) is 0 Å². The number of amides is 1. The van der Waals surface area contributed by atoms with Gasteiger partial charge in [-0.3, -0.25) is 9.69 Å². The average Bonchev–Trinajstić information content (AvgIpc) is 2.41. The number of carbonyl (C=O) groups excluding carboxylic acids is 1. The lowest BCUT2D eigenvalue weighted by Gasteiger charge is -2.31. The SMILES string of the molecule is CC(C)(C)N1C(=O)Cc2c(N)ccnc21. The molecule has 0 saturated heterocycles. The molecule has 0 radical (unpaired) electrons. The summed E-state index contributed by atoms with van der Waals surface area (Å²) >= 11 is 0. The summed E-state index contributed by atoms with van der Waals surface area (Å²) in [5, 5.41) is 0. The number of pyridine rings is 1. The van der Waals surface area contributed by atoms with Crippen LogP contribution in [0, 0.1) is 0 Å². The lowest BCUT2D eigenvalue weighted by Crippen LogP contribution is -2.43. The third-order valence-corrected chi connectivity index (χ3v) is 2.53. The van der Waals surface area contributed by atoms with Crippen LogP contribution in [0.2, 0.25) is 0 Å². The molecule has 4 heteroatoms. The van der Waals surface area contributed by atoms with Gasteiger partial charge in [0.05, 0.1) is 6.42 Å². The van der Waals surface area contributed by atoms with Crippen molar-refractivity contribution in [3.05, 3.63) is 17.8 Å². The number of carbonyl (C=O) groups is 1. The zero-order valence-electron chi connectivity index (χ0n) is 9.24. The molecule has 0 bridgehead atoms. The molecule has 1 aromatic rings. The zero-order chi connectivity index (χ0) is 11.2. The second-order valence-electron chi connectivity index (χ2n) is 4.78. The van der Waals surface area contributed by atoms with Crippen molar-refractivity contribution in [1.82, 2.24) is 4.98 Å². The van der Waals surface area contributed by atoms with Gasteiger partial charge in [0.25, 0.3) is 0 Å². The van der Waals surface area contributed by atoms with Gasteiger partial charge >= 0.3 is 0 Å². The van der Waals surface area contributed by atoms with E-state index in [1.165, 1.54) is 0 Å². The van der Waals surface area contributed by atoms with E-state index in [-0.39, 0.29) is 11.4 Å². The predicted molar refractivity (Wildman–Crippen MR) is 59.6 cm³/mol. The minimum atomic E-state index is -0.247. The Kier molecular flexibility index (Phi) is 1.96. The summed E-state index contributed by atoms with van der Waals surface area (Å²) in [6.07, 6.45) is 2.01. The quantitative estimate of drug-likeness (QED) is 0.695. The number of hydrogen-bond acceptors (Lipinski definition) is 3. The first kappa shape index (κ1) is 9.96. The molecular weight excluding hydrogens is 190 g/mol. The first-order valence-corrected chi connectivity index (χ1v) is 4.97. The van der Waals surface area contributed by atoms with Gasteiger partial charge in [-0.2, -0.15) is 0 Å². The first-order valence-electron chi connectivity index (χ1n) is 4.97. The number of anilines is 2. The van der Waals surface area contributed by atoms with Crippen LogP contribution in [0.25, 0.3) is 0 Å². The van der Waals surface area contributed by atoms with E-state index in [9.17, 15) is 4.79 Å². The van der Waals surface area contributed by atoms with Crippen LogP contribution < -0.4 is 10.6 Å². The summed E-state index contributed by atoms with van der Waals surface area (Å²) < 4.78 is 0. The van der Waals surface area contributed by atoms with E-state index < -0.39 is 0 Å². The van der Waals surface area contributed by atoms with Crippen LogP contribution in [0.4, 0.5) is 11.5 Å². The standard InChI is InChI=1S/C11H15N3O/c1-11(2,3)14-9(15)6-7-8(12)4-5-13-10(7)14/h4-5H,6H2,1-3H3,(H2,12,13). The molecule has 1 aromatic heterocycles. The van der Waals surface area contributed by atoms with Crippen molar-refractivity contribution in [3.8, 4) is 0 Å². The second kappa shape index (κ2) is 2.95. The summed E-state index contributed by atoms with van der Waals surface area (Å²) in [5.41, 5.74) is 7.09. The van der Waals surface area contributed by atoms with Gasteiger partial charge in [-0.25, -0.2) is 4.98 Å². The Bertz CT molecular complexity index is 420. The fraction of sp³-hybridized carbons (Fsp3) is 0.455. The number of nitrogens with two attached hydrogens (primary N) is 1. The maximum absolute atomic E-state index is 11.9. The van der Waals surface area contributed by atoms with Gasteiger partial charge < -0.3 is 5.73 Å². The van der Waals surface area contributed by atoms with E-state index in [4.69, 9.17) is 5.73 Å². The Labute approximate surface area is 89.1 Å². The van der Waals surface area contributed by atoms with Gasteiger partial charge in [0, 0.05) is 23.0 Å². The summed E-state index contributed by atoms with van der Waals surface area (Å²) in [6.45, 7) is 5.97. The van der Waals surface area contributed by atoms with Crippen LogP contribution in [-0.2, 0) is 11.2 Å². The molecule has 0 fully saturated rings. The first-order chi connectivity index (χ1) is 6.91. The van der Waals surface area contributed by atoms with Gasteiger partial charge in [0.15, 0.2) is 0 Å². The third kappa shape index (κ3) is 1.46. The molecule has 0 aliphatic carbocycles. The number of fused-ring (bicyclic) bond motifs is 1. The van der Waals surface area contributed by atoms with Gasteiger partial charge in [-0.05, 0) is 26.8 Å². The molecule has 0 spiro atoms. The minimum absolute atomic E-state index is 0.0721. The highest BCUT2D eigenvalue weighted by Gasteiger charge is 2.37. The van der Waals surface area contributed by atoms with Crippen molar-refractivity contribution >= 4 is 17.4 Å². The maximum atomic E-state index is 11.9. The normalized spacial score (nSPS) is 15.7. The number of hydrogen-bond donors (Lipinski definition) is 1. The largest absolute Gasteiger partial charge is 0.398 e. The Morgan fingerprint density at radius 1 is 1.47 bits per heavy atom. The monoisotopic (exact) mass is 205 g/mol. The van der Waals surface area contributed by atoms with E-state index in [1.54, 1.807) is 17.2 Å². The molecule has 2 heterocycles. The van der Waals surface area contributed by atoms with E-state index >= 15 is 0 Å². The number of nitrogens with zero attached hydrogens (tertiary/aromatic N) is 2. The highest BCUT2D eigenvalue weighted by atomic mass is 16.2. The average molecular weight is 205 g/mol. The fourth-order valence-corrected chi connectivity index (χ4v) is 1.91. The molecule has 0 unspecified atom stereocenters. The summed E-state index contributed by atoms with van der Waals surface area (Å²) in [6, 6.07) is 1.73. The lowest BCUT2D eigenvalue weighted by molar-refractivity contribution is -0.118. The smallest absolute Gasteiger partial charge is 0.233 e. The van der Waals surface area contributed by atoms with Crippen LogP contribution in [0.5, 0.6) is 0 Å². The highest BCUT2D eigenvalue weighted by Crippen LogP contribution is 2.35. The zero-order valence-corrected chi connectivity index (χ0v) is 9.24. The summed E-state index contributed by atoms with van der Waals surface area (Å²) in [5.74, 6) is 0.787. The third-order valence-electron chi connectivity index (χ3n) is 2.53. The Morgan fingerprint density at radius 3 is 2.73 bits per heavy atom. The molecule has 15 heavy (non-hydrogen) atoms. The van der Waals surface area contributed by atoms with Crippen LogP contribution in [-0.4, -0.2) is 16.4 Å². The van der Waals surface area contributed by atoms with E-state index in [1.807, 2.05) is 20.8 Å². The maximum Gasteiger partial charge on any atom is 0.233 e.